The number of rotatable bonds is 2. The van der Waals surface area contributed by atoms with Crippen LogP contribution < -0.4 is 5.32 Å². The Morgan fingerprint density at radius 2 is 2.00 bits per heavy atom. The summed E-state index contributed by atoms with van der Waals surface area (Å²) in [6, 6.07) is 0. The Morgan fingerprint density at radius 1 is 1.21 bits per heavy atom. The fourth-order valence-corrected chi connectivity index (χ4v) is 2.91. The van der Waals surface area contributed by atoms with Gasteiger partial charge in [-0.2, -0.15) is 0 Å². The van der Waals surface area contributed by atoms with Gasteiger partial charge in [0.15, 0.2) is 0 Å². The van der Waals surface area contributed by atoms with E-state index in [0.717, 1.165) is 17.3 Å². The maximum Gasteiger partial charge on any atom is 0.000782 e. The van der Waals surface area contributed by atoms with Gasteiger partial charge in [0.2, 0.25) is 0 Å². The highest BCUT2D eigenvalue weighted by Gasteiger charge is 2.42. The maximum absolute atomic E-state index is 3.64. The first-order valence-corrected chi connectivity index (χ1v) is 6.41. The van der Waals surface area contributed by atoms with Crippen molar-refractivity contribution < 1.29 is 0 Å². The van der Waals surface area contributed by atoms with Crippen LogP contribution >= 0.6 is 0 Å². The van der Waals surface area contributed by atoms with E-state index in [1.54, 1.807) is 0 Å². The van der Waals surface area contributed by atoms with Crippen LogP contribution in [0.1, 0.15) is 52.4 Å². The highest BCUT2D eigenvalue weighted by atomic mass is 14.9. The van der Waals surface area contributed by atoms with Crippen molar-refractivity contribution in [3.8, 4) is 0 Å². The number of nitrogens with one attached hydrogen (secondary N) is 1. The molecule has 1 saturated carbocycles. The molecule has 82 valence electrons. The molecule has 2 fully saturated rings. The molecular weight excluding hydrogens is 170 g/mol. The lowest BCUT2D eigenvalue weighted by molar-refractivity contribution is 0.280. The van der Waals surface area contributed by atoms with Crippen LogP contribution in [0.5, 0.6) is 0 Å². The third-order valence-electron chi connectivity index (χ3n) is 4.07. The molecule has 1 unspecified atom stereocenters. The van der Waals surface area contributed by atoms with Gasteiger partial charge in [-0.1, -0.05) is 13.8 Å². The largest absolute Gasteiger partial charge is 0.316 e. The molecule has 1 heteroatoms. The first kappa shape index (κ1) is 10.5. The molecule has 2 rings (SSSR count). The van der Waals surface area contributed by atoms with E-state index in [0.29, 0.717) is 0 Å². The molecule has 1 spiro atoms. The molecule has 0 aromatic rings. The zero-order valence-corrected chi connectivity index (χ0v) is 9.81. The standard InChI is InChI=1S/C13H25N/c1-11(2)9-12-3-5-13(6-7-13)10-14-8-4-12/h11-12,14H,3-10H2,1-2H3. The summed E-state index contributed by atoms with van der Waals surface area (Å²) in [6.45, 7) is 7.29. The van der Waals surface area contributed by atoms with E-state index in [4.69, 9.17) is 0 Å². The molecule has 1 saturated heterocycles. The van der Waals surface area contributed by atoms with E-state index >= 15 is 0 Å². The minimum atomic E-state index is 0.760. The molecule has 0 aromatic heterocycles. The molecule has 0 aromatic carbocycles. The zero-order chi connectivity index (χ0) is 10.0. The van der Waals surface area contributed by atoms with Crippen LogP contribution in [-0.4, -0.2) is 13.1 Å². The Morgan fingerprint density at radius 3 is 2.64 bits per heavy atom. The van der Waals surface area contributed by atoms with Crippen LogP contribution in [-0.2, 0) is 0 Å². The minimum Gasteiger partial charge on any atom is -0.316 e. The Labute approximate surface area is 88.7 Å². The third kappa shape index (κ3) is 2.73. The highest BCUT2D eigenvalue weighted by Crippen LogP contribution is 2.50. The molecular formula is C13H25N. The van der Waals surface area contributed by atoms with Crippen molar-refractivity contribution in [2.24, 2.45) is 17.3 Å². The highest BCUT2D eigenvalue weighted by molar-refractivity contribution is 4.96. The quantitative estimate of drug-likeness (QED) is 0.713. The van der Waals surface area contributed by atoms with Gasteiger partial charge in [0, 0.05) is 6.54 Å². The average molecular weight is 195 g/mol. The first-order chi connectivity index (χ1) is 6.70. The van der Waals surface area contributed by atoms with Crippen LogP contribution in [0.15, 0.2) is 0 Å². The molecule has 1 aliphatic carbocycles. The van der Waals surface area contributed by atoms with Crippen molar-refractivity contribution in [1.29, 1.82) is 0 Å². The zero-order valence-electron chi connectivity index (χ0n) is 9.81. The second-order valence-corrected chi connectivity index (χ2v) is 6.00. The Bertz CT molecular complexity index is 182. The van der Waals surface area contributed by atoms with Crippen molar-refractivity contribution in [3.05, 3.63) is 0 Å². The number of hydrogen-bond donors (Lipinski definition) is 1. The van der Waals surface area contributed by atoms with Crippen LogP contribution in [0.4, 0.5) is 0 Å². The summed E-state index contributed by atoms with van der Waals surface area (Å²) in [5, 5.41) is 3.64. The lowest BCUT2D eigenvalue weighted by Crippen LogP contribution is -2.29. The molecule has 1 atom stereocenters. The Kier molecular flexibility index (Phi) is 3.16. The maximum atomic E-state index is 3.64. The monoisotopic (exact) mass is 195 g/mol. The summed E-state index contributed by atoms with van der Waals surface area (Å²) in [5.41, 5.74) is 0.760. The fourth-order valence-electron chi connectivity index (χ4n) is 2.91. The first-order valence-electron chi connectivity index (χ1n) is 6.41. The van der Waals surface area contributed by atoms with Crippen LogP contribution in [0, 0.1) is 17.3 Å². The van der Waals surface area contributed by atoms with Crippen LogP contribution in [0.25, 0.3) is 0 Å². The van der Waals surface area contributed by atoms with E-state index in [1.165, 1.54) is 51.6 Å². The average Bonchev–Trinajstić information content (AvgIpc) is 2.85. The predicted molar refractivity (Wildman–Crippen MR) is 61.3 cm³/mol. The van der Waals surface area contributed by atoms with E-state index < -0.39 is 0 Å². The topological polar surface area (TPSA) is 12.0 Å². The third-order valence-corrected chi connectivity index (χ3v) is 4.07. The van der Waals surface area contributed by atoms with Gasteiger partial charge in [-0.05, 0) is 62.3 Å². The summed E-state index contributed by atoms with van der Waals surface area (Å²) in [4.78, 5) is 0. The van der Waals surface area contributed by atoms with Gasteiger partial charge >= 0.3 is 0 Å². The molecule has 1 aliphatic heterocycles. The summed E-state index contributed by atoms with van der Waals surface area (Å²) >= 11 is 0. The minimum absolute atomic E-state index is 0.760. The molecule has 1 nitrogen and oxygen atoms in total. The van der Waals surface area contributed by atoms with Gasteiger partial charge in [0.05, 0.1) is 0 Å². The van der Waals surface area contributed by atoms with Gasteiger partial charge in [0.25, 0.3) is 0 Å². The van der Waals surface area contributed by atoms with E-state index in [-0.39, 0.29) is 0 Å². The Balaban J connectivity index is 1.81. The van der Waals surface area contributed by atoms with Crippen molar-refractivity contribution in [2.45, 2.75) is 52.4 Å². The molecule has 1 N–H and O–H groups in total. The molecule has 2 aliphatic rings. The van der Waals surface area contributed by atoms with E-state index in [2.05, 4.69) is 19.2 Å². The summed E-state index contributed by atoms with van der Waals surface area (Å²) < 4.78 is 0. The second kappa shape index (κ2) is 4.22. The molecule has 0 amide bonds. The number of hydrogen-bond acceptors (Lipinski definition) is 1. The SMILES string of the molecule is CC(C)CC1CCNCC2(CC1)CC2. The van der Waals surface area contributed by atoms with Gasteiger partial charge in [-0.15, -0.1) is 0 Å². The van der Waals surface area contributed by atoms with Crippen molar-refractivity contribution in [1.82, 2.24) is 5.32 Å². The van der Waals surface area contributed by atoms with Gasteiger partial charge < -0.3 is 5.32 Å². The van der Waals surface area contributed by atoms with E-state index in [1.807, 2.05) is 0 Å². The fraction of sp³-hybridized carbons (Fsp3) is 1.00. The predicted octanol–water partition coefficient (Wildman–Crippen LogP) is 3.20. The summed E-state index contributed by atoms with van der Waals surface area (Å²) in [7, 11) is 0. The van der Waals surface area contributed by atoms with Crippen molar-refractivity contribution in [3.63, 3.8) is 0 Å². The lowest BCUT2D eigenvalue weighted by Gasteiger charge is -2.26. The lowest BCUT2D eigenvalue weighted by atomic mass is 9.85. The molecule has 1 heterocycles. The van der Waals surface area contributed by atoms with Crippen LogP contribution in [0.2, 0.25) is 0 Å². The molecule has 14 heavy (non-hydrogen) atoms. The second-order valence-electron chi connectivity index (χ2n) is 6.00. The van der Waals surface area contributed by atoms with Gasteiger partial charge in [-0.3, -0.25) is 0 Å². The Hall–Kier alpha value is -0.0400. The van der Waals surface area contributed by atoms with Crippen molar-refractivity contribution in [2.75, 3.05) is 13.1 Å². The van der Waals surface area contributed by atoms with Crippen LogP contribution in [0.3, 0.4) is 0 Å². The normalized spacial score (nSPS) is 31.5. The van der Waals surface area contributed by atoms with Gasteiger partial charge in [-0.25, -0.2) is 0 Å². The molecule has 0 bridgehead atoms. The summed E-state index contributed by atoms with van der Waals surface area (Å²) in [6.07, 6.45) is 8.84. The van der Waals surface area contributed by atoms with E-state index in [9.17, 15) is 0 Å². The smallest absolute Gasteiger partial charge is 0.000782 e. The van der Waals surface area contributed by atoms with Gasteiger partial charge in [0.1, 0.15) is 0 Å². The van der Waals surface area contributed by atoms with Crippen molar-refractivity contribution >= 4 is 0 Å². The summed E-state index contributed by atoms with van der Waals surface area (Å²) in [5.74, 6) is 1.88. The molecule has 0 radical (unpaired) electrons.